The summed E-state index contributed by atoms with van der Waals surface area (Å²) in [5.74, 6) is 1.50. The van der Waals surface area contributed by atoms with Crippen LogP contribution in [0.25, 0.3) is 11.0 Å². The molecule has 4 rings (SSSR count). The van der Waals surface area contributed by atoms with E-state index >= 15 is 0 Å². The summed E-state index contributed by atoms with van der Waals surface area (Å²) in [6, 6.07) is 10.8. The van der Waals surface area contributed by atoms with Gasteiger partial charge in [0.1, 0.15) is 29.1 Å². The third kappa shape index (κ3) is 4.37. The van der Waals surface area contributed by atoms with E-state index in [1.54, 1.807) is 36.0 Å². The molecule has 1 aliphatic heterocycles. The van der Waals surface area contributed by atoms with E-state index in [2.05, 4.69) is 27.9 Å². The fraction of sp³-hybridized carbons (Fsp3) is 0.417. The van der Waals surface area contributed by atoms with Crippen LogP contribution >= 0.6 is 0 Å². The number of ether oxygens (including phenoxy) is 2. The second-order valence-electron chi connectivity index (χ2n) is 8.47. The smallest absolute Gasteiger partial charge is 0.252 e. The van der Waals surface area contributed by atoms with Crippen molar-refractivity contribution in [2.24, 2.45) is 13.0 Å². The van der Waals surface area contributed by atoms with Crippen LogP contribution in [0.2, 0.25) is 0 Å². The van der Waals surface area contributed by atoms with Gasteiger partial charge in [-0.15, -0.1) is 0 Å². The molecule has 2 unspecified atom stereocenters. The van der Waals surface area contributed by atoms with Crippen LogP contribution in [0.1, 0.15) is 32.9 Å². The van der Waals surface area contributed by atoms with E-state index in [0.717, 1.165) is 17.9 Å². The molecule has 0 bridgehead atoms. The molecule has 3 aromatic rings. The average molecular weight is 434 g/mol. The molecule has 166 valence electrons. The summed E-state index contributed by atoms with van der Waals surface area (Å²) in [6.07, 6.45) is 2.56. The highest BCUT2D eigenvalue weighted by Crippen LogP contribution is 2.30. The lowest BCUT2D eigenvalue weighted by Gasteiger charge is -2.38. The zero-order valence-corrected chi connectivity index (χ0v) is 18.8. The van der Waals surface area contributed by atoms with Crippen LogP contribution in [0, 0.1) is 17.2 Å². The molecule has 1 aliphatic rings. The summed E-state index contributed by atoms with van der Waals surface area (Å²) in [4.78, 5) is 23.6. The monoisotopic (exact) mass is 433 g/mol. The van der Waals surface area contributed by atoms with E-state index in [1.165, 1.54) is 0 Å². The molecule has 0 radical (unpaired) electrons. The lowest BCUT2D eigenvalue weighted by Crippen LogP contribution is -2.45. The number of nitriles is 1. The molecule has 0 aromatic carbocycles. The van der Waals surface area contributed by atoms with Gasteiger partial charge in [0.05, 0.1) is 23.5 Å². The second-order valence-corrected chi connectivity index (χ2v) is 8.47. The fourth-order valence-electron chi connectivity index (χ4n) is 4.07. The van der Waals surface area contributed by atoms with E-state index in [0.29, 0.717) is 35.7 Å². The maximum Gasteiger partial charge on any atom is 0.252 e. The molecule has 4 heterocycles. The molecule has 0 spiro atoms. The average Bonchev–Trinajstić information content (AvgIpc) is 2.78. The molecule has 0 saturated carbocycles. The lowest BCUT2D eigenvalue weighted by atomic mass is 9.96. The number of rotatable bonds is 5. The molecule has 0 N–H and O–H groups in total. The van der Waals surface area contributed by atoms with Crippen LogP contribution in [0.15, 0.2) is 41.3 Å². The second kappa shape index (κ2) is 8.87. The number of fused-ring (bicyclic) bond motifs is 1. The Morgan fingerprint density at radius 3 is 2.72 bits per heavy atom. The Labute approximate surface area is 187 Å². The Balaban J connectivity index is 1.52. The Hall–Kier alpha value is -3.60. The molecule has 0 aliphatic carbocycles. The highest BCUT2D eigenvalue weighted by Gasteiger charge is 2.29. The normalized spacial score (nSPS) is 18.6. The van der Waals surface area contributed by atoms with Crippen molar-refractivity contribution >= 4 is 16.7 Å². The summed E-state index contributed by atoms with van der Waals surface area (Å²) < 4.78 is 13.4. The van der Waals surface area contributed by atoms with E-state index in [4.69, 9.17) is 9.47 Å². The predicted molar refractivity (Wildman–Crippen MR) is 122 cm³/mol. The number of pyridine rings is 3. The fourth-order valence-corrected chi connectivity index (χ4v) is 4.07. The molecule has 8 heteroatoms. The number of nitrogens with zero attached hydrogens (tertiary/aromatic N) is 5. The highest BCUT2D eigenvalue weighted by atomic mass is 16.5. The van der Waals surface area contributed by atoms with E-state index in [-0.39, 0.29) is 23.7 Å². The van der Waals surface area contributed by atoms with Gasteiger partial charge in [-0.2, -0.15) is 5.26 Å². The summed E-state index contributed by atoms with van der Waals surface area (Å²) in [5, 5.41) is 9.27. The quantitative estimate of drug-likeness (QED) is 0.609. The Morgan fingerprint density at radius 2 is 2.06 bits per heavy atom. The van der Waals surface area contributed by atoms with Gasteiger partial charge in [-0.25, -0.2) is 9.97 Å². The Morgan fingerprint density at radius 1 is 1.25 bits per heavy atom. The minimum atomic E-state index is -0.0991. The first-order chi connectivity index (χ1) is 15.4. The summed E-state index contributed by atoms with van der Waals surface area (Å²) >= 11 is 0. The maximum atomic E-state index is 12.5. The van der Waals surface area contributed by atoms with Gasteiger partial charge < -0.3 is 18.9 Å². The SMILES string of the molecule is CC(C)Oc1ccc(OC2CCN(c3cc(=O)n(C)c4ccc(C#N)nc34)CC2C)nc1. The number of aromatic nitrogens is 3. The largest absolute Gasteiger partial charge is 0.489 e. The third-order valence-electron chi connectivity index (χ3n) is 5.70. The summed E-state index contributed by atoms with van der Waals surface area (Å²) in [6.45, 7) is 7.50. The van der Waals surface area contributed by atoms with Crippen molar-refractivity contribution < 1.29 is 9.47 Å². The maximum absolute atomic E-state index is 12.5. The van der Waals surface area contributed by atoms with Gasteiger partial charge in [-0.1, -0.05) is 6.92 Å². The zero-order valence-electron chi connectivity index (χ0n) is 18.8. The van der Waals surface area contributed by atoms with Crippen LogP contribution in [0.5, 0.6) is 11.6 Å². The topological polar surface area (TPSA) is 93.3 Å². The van der Waals surface area contributed by atoms with Crippen molar-refractivity contribution in [1.29, 1.82) is 5.26 Å². The van der Waals surface area contributed by atoms with Gasteiger partial charge in [0, 0.05) is 44.6 Å². The van der Waals surface area contributed by atoms with Crippen molar-refractivity contribution in [2.75, 3.05) is 18.0 Å². The van der Waals surface area contributed by atoms with Crippen LogP contribution in [0.3, 0.4) is 0 Å². The third-order valence-corrected chi connectivity index (χ3v) is 5.70. The molecular formula is C24H27N5O3. The molecular weight excluding hydrogens is 406 g/mol. The number of anilines is 1. The van der Waals surface area contributed by atoms with Gasteiger partial charge >= 0.3 is 0 Å². The van der Waals surface area contributed by atoms with Crippen LogP contribution in [-0.2, 0) is 7.05 Å². The van der Waals surface area contributed by atoms with Crippen LogP contribution < -0.4 is 19.9 Å². The predicted octanol–water partition coefficient (Wildman–Crippen LogP) is 3.28. The molecule has 8 nitrogen and oxygen atoms in total. The Bertz CT molecular complexity index is 1210. The summed E-state index contributed by atoms with van der Waals surface area (Å²) in [5.41, 5.74) is 2.38. The van der Waals surface area contributed by atoms with E-state index in [9.17, 15) is 10.1 Å². The first kappa shape index (κ1) is 21.6. The van der Waals surface area contributed by atoms with Gasteiger partial charge in [0.25, 0.3) is 5.56 Å². The number of hydrogen-bond donors (Lipinski definition) is 0. The van der Waals surface area contributed by atoms with Crippen molar-refractivity contribution in [3.63, 3.8) is 0 Å². The molecule has 1 fully saturated rings. The molecule has 0 amide bonds. The molecule has 32 heavy (non-hydrogen) atoms. The van der Waals surface area contributed by atoms with Crippen molar-refractivity contribution in [1.82, 2.24) is 14.5 Å². The number of aryl methyl sites for hydroxylation is 1. The van der Waals surface area contributed by atoms with Crippen molar-refractivity contribution in [3.8, 4) is 17.7 Å². The first-order valence-electron chi connectivity index (χ1n) is 10.8. The van der Waals surface area contributed by atoms with Gasteiger partial charge in [0.15, 0.2) is 0 Å². The van der Waals surface area contributed by atoms with Gasteiger partial charge in [-0.05, 0) is 32.0 Å². The number of hydrogen-bond acceptors (Lipinski definition) is 7. The van der Waals surface area contributed by atoms with E-state index in [1.807, 2.05) is 26.0 Å². The first-order valence-corrected chi connectivity index (χ1v) is 10.8. The lowest BCUT2D eigenvalue weighted by molar-refractivity contribution is 0.116. The minimum absolute atomic E-state index is 0.0102. The van der Waals surface area contributed by atoms with Crippen LogP contribution in [0.4, 0.5) is 5.69 Å². The standard InChI is InChI=1S/C24H27N5O3/c1-15(2)31-18-6-8-22(26-13-18)32-21-9-10-29(14-16(21)3)20-11-23(30)28(4)19-7-5-17(12-25)27-24(19)20/h5-8,11,13,15-16,21H,9-10,14H2,1-4H3. The minimum Gasteiger partial charge on any atom is -0.489 e. The van der Waals surface area contributed by atoms with Crippen LogP contribution in [-0.4, -0.2) is 39.8 Å². The van der Waals surface area contributed by atoms with E-state index < -0.39 is 0 Å². The molecule has 3 aromatic heterocycles. The molecule has 2 atom stereocenters. The highest BCUT2D eigenvalue weighted by molar-refractivity contribution is 5.88. The van der Waals surface area contributed by atoms with Crippen molar-refractivity contribution in [3.05, 3.63) is 52.6 Å². The van der Waals surface area contributed by atoms with Gasteiger partial charge in [-0.3, -0.25) is 4.79 Å². The summed E-state index contributed by atoms with van der Waals surface area (Å²) in [7, 11) is 1.72. The zero-order chi connectivity index (χ0) is 22.8. The van der Waals surface area contributed by atoms with Gasteiger partial charge in [0.2, 0.25) is 5.88 Å². The molecule has 1 saturated heterocycles. The number of piperidine rings is 1. The van der Waals surface area contributed by atoms with Crippen molar-refractivity contribution in [2.45, 2.75) is 39.4 Å². The Kier molecular flexibility index (Phi) is 5.99.